The quantitative estimate of drug-likeness (QED) is 0.188. The maximum Gasteiger partial charge on any atom is 0.488 e. The van der Waals surface area contributed by atoms with Crippen LogP contribution in [0.4, 0.5) is 0 Å². The van der Waals surface area contributed by atoms with E-state index < -0.39 is 7.12 Å². The first kappa shape index (κ1) is 31.0. The molecule has 0 radical (unpaired) electrons. The lowest BCUT2D eigenvalue weighted by molar-refractivity contribution is -0.125. The molecule has 4 N–H and O–H groups in total. The molecule has 0 saturated heterocycles. The molecule has 5 rings (SSSR count). The Morgan fingerprint density at radius 1 is 1.05 bits per heavy atom. The molecule has 10 nitrogen and oxygen atoms in total. The lowest BCUT2D eigenvalue weighted by atomic mass is 9.77. The number of carbonyl (C=O) groups is 2. The molecule has 1 aromatic heterocycles. The van der Waals surface area contributed by atoms with Crippen molar-refractivity contribution in [1.29, 1.82) is 0 Å². The second-order valence-corrected chi connectivity index (χ2v) is 10.6. The molecular formula is C29H30BClN6O4S. The molecule has 1 aliphatic heterocycles. The van der Waals surface area contributed by atoms with Crippen molar-refractivity contribution in [2.75, 3.05) is 12.8 Å². The first-order chi connectivity index (χ1) is 20.2. The molecule has 2 heterocycles. The summed E-state index contributed by atoms with van der Waals surface area (Å²) in [5, 5.41) is 32.4. The summed E-state index contributed by atoms with van der Waals surface area (Å²) in [6, 6.07) is 20.9. The van der Waals surface area contributed by atoms with E-state index in [1.165, 1.54) is 11.8 Å². The van der Waals surface area contributed by atoms with E-state index in [9.17, 15) is 9.59 Å². The number of aromatic nitrogens is 3. The molecule has 0 atom stereocenters. The van der Waals surface area contributed by atoms with Crippen LogP contribution < -0.4 is 16.1 Å². The number of aryl methyl sites for hydroxylation is 1. The fourth-order valence-corrected chi connectivity index (χ4v) is 4.91. The number of fused-ring (bicyclic) bond motifs is 3. The first-order valence-electron chi connectivity index (χ1n) is 13.0. The van der Waals surface area contributed by atoms with Crippen molar-refractivity contribution >= 4 is 53.5 Å². The zero-order valence-electron chi connectivity index (χ0n) is 23.3. The minimum absolute atomic E-state index is 0.0980. The minimum atomic E-state index is -1.58. The van der Waals surface area contributed by atoms with Crippen molar-refractivity contribution in [2.45, 2.75) is 31.8 Å². The maximum absolute atomic E-state index is 11.4. The number of benzene rings is 3. The van der Waals surface area contributed by atoms with Crippen molar-refractivity contribution in [1.82, 2.24) is 25.4 Å². The molecule has 2 amide bonds. The van der Waals surface area contributed by atoms with Gasteiger partial charge in [0.15, 0.2) is 5.82 Å². The van der Waals surface area contributed by atoms with E-state index >= 15 is 0 Å². The van der Waals surface area contributed by atoms with Crippen LogP contribution in [0.1, 0.15) is 35.3 Å². The SMILES string of the molecule is CC(=O)NCC(=O)NCc1ccccc1B(O)O.CSc1ccc2c(c1)C(c1ccc(Cl)cc1)=NCc1nnc(C)n1-2. The fraction of sp³-hybridized carbons (Fsp3) is 0.207. The van der Waals surface area contributed by atoms with E-state index in [1.54, 1.807) is 36.0 Å². The average Bonchev–Trinajstić information content (AvgIpc) is 3.27. The number of thioether (sulfide) groups is 1. The normalized spacial score (nSPS) is 11.6. The highest BCUT2D eigenvalue weighted by atomic mass is 35.5. The standard InChI is InChI=1S/C18H15ClN4S.C11H15BN2O4/c1-11-21-22-17-10-20-18(12-3-5-13(19)6-4-12)15-9-14(24-2)7-8-16(15)23(11)17;1-8(15)13-7-11(16)14-6-9-4-2-3-5-10(9)12(17)18/h3-9H,10H2,1-2H3;2-5,17-18H,6-7H2,1H3,(H,13,15)(H,14,16). The van der Waals surface area contributed by atoms with Gasteiger partial charge in [0, 0.05) is 34.5 Å². The van der Waals surface area contributed by atoms with Gasteiger partial charge in [0.25, 0.3) is 0 Å². The third-order valence-electron chi connectivity index (χ3n) is 6.40. The predicted octanol–water partition coefficient (Wildman–Crippen LogP) is 2.42. The molecule has 42 heavy (non-hydrogen) atoms. The van der Waals surface area contributed by atoms with Crippen molar-refractivity contribution in [3.05, 3.63) is 100 Å². The Morgan fingerprint density at radius 2 is 1.79 bits per heavy atom. The van der Waals surface area contributed by atoms with Crippen LogP contribution in [0.15, 0.2) is 76.6 Å². The van der Waals surface area contributed by atoms with Crippen LogP contribution >= 0.6 is 23.4 Å². The minimum Gasteiger partial charge on any atom is -0.423 e. The van der Waals surface area contributed by atoms with E-state index in [1.807, 2.05) is 31.2 Å². The molecule has 3 aromatic carbocycles. The second kappa shape index (κ2) is 14.3. The van der Waals surface area contributed by atoms with Gasteiger partial charge in [-0.1, -0.05) is 48.0 Å². The highest BCUT2D eigenvalue weighted by molar-refractivity contribution is 7.98. The molecule has 4 aromatic rings. The number of hydrogen-bond acceptors (Lipinski definition) is 8. The van der Waals surface area contributed by atoms with Crippen LogP contribution in [0.2, 0.25) is 5.02 Å². The van der Waals surface area contributed by atoms with Gasteiger partial charge in [-0.05, 0) is 54.5 Å². The summed E-state index contributed by atoms with van der Waals surface area (Å²) in [7, 11) is -1.58. The summed E-state index contributed by atoms with van der Waals surface area (Å²) < 4.78 is 2.09. The lowest BCUT2D eigenvalue weighted by Gasteiger charge is -2.14. The molecular weight excluding hydrogens is 575 g/mol. The molecule has 0 aliphatic carbocycles. The average molecular weight is 605 g/mol. The third kappa shape index (κ3) is 7.65. The first-order valence-corrected chi connectivity index (χ1v) is 14.6. The fourth-order valence-electron chi connectivity index (χ4n) is 4.35. The van der Waals surface area contributed by atoms with Crippen LogP contribution in [0.25, 0.3) is 5.69 Å². The van der Waals surface area contributed by atoms with Gasteiger partial charge in [0.05, 0.1) is 17.9 Å². The lowest BCUT2D eigenvalue weighted by Crippen LogP contribution is -2.38. The van der Waals surface area contributed by atoms with Crippen molar-refractivity contribution in [3.8, 4) is 5.69 Å². The largest absolute Gasteiger partial charge is 0.488 e. The summed E-state index contributed by atoms with van der Waals surface area (Å²) >= 11 is 7.76. The van der Waals surface area contributed by atoms with E-state index in [4.69, 9.17) is 26.6 Å². The third-order valence-corrected chi connectivity index (χ3v) is 7.37. The monoisotopic (exact) mass is 604 g/mol. The summed E-state index contributed by atoms with van der Waals surface area (Å²) in [5.74, 6) is 1.11. The molecule has 1 aliphatic rings. The summed E-state index contributed by atoms with van der Waals surface area (Å²) in [5.41, 5.74) is 5.13. The van der Waals surface area contributed by atoms with Gasteiger partial charge in [-0.3, -0.25) is 19.1 Å². The topological polar surface area (TPSA) is 142 Å². The Morgan fingerprint density at radius 3 is 2.48 bits per heavy atom. The number of amides is 2. The van der Waals surface area contributed by atoms with Gasteiger partial charge in [-0.25, -0.2) is 0 Å². The molecule has 216 valence electrons. The van der Waals surface area contributed by atoms with Gasteiger partial charge in [-0.15, -0.1) is 22.0 Å². The maximum atomic E-state index is 11.4. The van der Waals surface area contributed by atoms with Gasteiger partial charge >= 0.3 is 7.12 Å². The smallest absolute Gasteiger partial charge is 0.423 e. The highest BCUT2D eigenvalue weighted by Crippen LogP contribution is 2.29. The number of rotatable bonds is 7. The zero-order valence-corrected chi connectivity index (χ0v) is 24.9. The second-order valence-electron chi connectivity index (χ2n) is 9.31. The molecule has 13 heteroatoms. The number of nitrogens with one attached hydrogen (secondary N) is 2. The van der Waals surface area contributed by atoms with Crippen LogP contribution in [0.3, 0.4) is 0 Å². The summed E-state index contributed by atoms with van der Waals surface area (Å²) in [4.78, 5) is 28.0. The Bertz CT molecular complexity index is 1610. The van der Waals surface area contributed by atoms with Crippen LogP contribution in [0, 0.1) is 6.92 Å². The molecule has 0 bridgehead atoms. The number of carbonyl (C=O) groups excluding carboxylic acids is 2. The van der Waals surface area contributed by atoms with Gasteiger partial charge in [0.1, 0.15) is 12.4 Å². The Hall–Kier alpha value is -3.97. The summed E-state index contributed by atoms with van der Waals surface area (Å²) in [6.45, 7) is 3.87. The number of nitrogens with zero attached hydrogens (tertiary/aromatic N) is 4. The van der Waals surface area contributed by atoms with Crippen LogP contribution in [0.5, 0.6) is 0 Å². The number of hydrogen-bond donors (Lipinski definition) is 4. The van der Waals surface area contributed by atoms with Crippen molar-refractivity contribution in [3.63, 3.8) is 0 Å². The van der Waals surface area contributed by atoms with E-state index in [0.29, 0.717) is 17.6 Å². The van der Waals surface area contributed by atoms with Crippen molar-refractivity contribution < 1.29 is 19.6 Å². The van der Waals surface area contributed by atoms with Crippen LogP contribution in [-0.4, -0.2) is 62.3 Å². The molecule has 0 unspecified atom stereocenters. The van der Waals surface area contributed by atoms with Gasteiger partial charge < -0.3 is 20.7 Å². The van der Waals surface area contributed by atoms with E-state index in [-0.39, 0.29) is 24.9 Å². The van der Waals surface area contributed by atoms with Gasteiger partial charge in [0.2, 0.25) is 11.8 Å². The number of aliphatic imine (C=N–C) groups is 1. The molecule has 0 saturated carbocycles. The Kier molecular flexibility index (Phi) is 10.5. The van der Waals surface area contributed by atoms with Crippen molar-refractivity contribution in [2.24, 2.45) is 4.99 Å². The Balaban J connectivity index is 0.000000202. The zero-order chi connectivity index (χ0) is 30.2. The summed E-state index contributed by atoms with van der Waals surface area (Å²) in [6.07, 6.45) is 2.08. The van der Waals surface area contributed by atoms with Crippen LogP contribution in [-0.2, 0) is 22.7 Å². The van der Waals surface area contributed by atoms with E-state index in [2.05, 4.69) is 49.9 Å². The molecule has 0 fully saturated rings. The predicted molar refractivity (Wildman–Crippen MR) is 165 cm³/mol. The van der Waals surface area contributed by atoms with E-state index in [0.717, 1.165) is 39.2 Å². The Labute approximate surface area is 253 Å². The van der Waals surface area contributed by atoms with Gasteiger partial charge in [-0.2, -0.15) is 0 Å². The highest BCUT2D eigenvalue weighted by Gasteiger charge is 2.22. The molecule has 0 spiro atoms. The number of halogens is 1.